The lowest BCUT2D eigenvalue weighted by Crippen LogP contribution is -2.55. The van der Waals surface area contributed by atoms with Gasteiger partial charge < -0.3 is 25.4 Å². The second-order valence-corrected chi connectivity index (χ2v) is 9.61. The van der Waals surface area contributed by atoms with E-state index in [1.54, 1.807) is 48.5 Å². The maximum atomic E-state index is 13.1. The normalized spacial score (nSPS) is 18.9. The molecule has 3 aromatic rings. The number of aromatic amines is 1. The minimum absolute atomic E-state index is 0.0156. The van der Waals surface area contributed by atoms with E-state index in [0.29, 0.717) is 22.6 Å². The van der Waals surface area contributed by atoms with Crippen LogP contribution in [-0.4, -0.2) is 58.3 Å². The third-order valence-electron chi connectivity index (χ3n) is 6.97. The lowest BCUT2D eigenvalue weighted by molar-refractivity contribution is -0.150. The van der Waals surface area contributed by atoms with E-state index in [4.69, 9.17) is 4.74 Å². The highest BCUT2D eigenvalue weighted by atomic mass is 16.5. The third-order valence-corrected chi connectivity index (χ3v) is 6.97. The van der Waals surface area contributed by atoms with Gasteiger partial charge in [0.1, 0.15) is 0 Å². The first-order valence-corrected chi connectivity index (χ1v) is 12.9. The van der Waals surface area contributed by atoms with Gasteiger partial charge >= 0.3 is 5.76 Å². The molecule has 12 nitrogen and oxygen atoms in total. The van der Waals surface area contributed by atoms with Gasteiger partial charge in [0, 0.05) is 35.1 Å². The molecule has 0 radical (unpaired) electrons. The fraction of sp³-hybridized carbons (Fsp3) is 0.370. The molecule has 2 aromatic carbocycles. The monoisotopic (exact) mass is 535 g/mol. The Morgan fingerprint density at radius 1 is 0.974 bits per heavy atom. The Balaban J connectivity index is 1.19. The number of carbonyl (C=O) groups excluding carboxylic acids is 3. The molecule has 5 rings (SSSR count). The van der Waals surface area contributed by atoms with Gasteiger partial charge in [0.15, 0.2) is 18.0 Å². The van der Waals surface area contributed by atoms with Crippen LogP contribution in [0.15, 0.2) is 57.8 Å². The van der Waals surface area contributed by atoms with Crippen LogP contribution in [0.2, 0.25) is 0 Å². The Bertz CT molecular complexity index is 1380. The number of nitrogens with one attached hydrogen (secondary N) is 3. The summed E-state index contributed by atoms with van der Waals surface area (Å²) in [5, 5.41) is 19.7. The first-order chi connectivity index (χ1) is 18.9. The molecule has 2 atom stereocenters. The van der Waals surface area contributed by atoms with E-state index in [2.05, 4.69) is 25.3 Å². The van der Waals surface area contributed by atoms with Crippen molar-refractivity contribution in [2.24, 2.45) is 5.92 Å². The number of hydrogen-bond donors (Lipinski definition) is 4. The molecule has 3 amide bonds. The van der Waals surface area contributed by atoms with Crippen LogP contribution in [0.3, 0.4) is 0 Å². The molecule has 2 fully saturated rings. The largest absolute Gasteiger partial charge is 0.439 e. The smallest absolute Gasteiger partial charge is 0.380 e. The van der Waals surface area contributed by atoms with Crippen molar-refractivity contribution in [1.29, 1.82) is 0 Å². The van der Waals surface area contributed by atoms with Crippen molar-refractivity contribution in [3.05, 3.63) is 59.1 Å². The molecule has 2 aliphatic rings. The average molecular weight is 536 g/mol. The summed E-state index contributed by atoms with van der Waals surface area (Å²) in [5.74, 6) is -1.76. The molecule has 12 heteroatoms. The summed E-state index contributed by atoms with van der Waals surface area (Å²) in [7, 11) is 0. The summed E-state index contributed by atoms with van der Waals surface area (Å²) in [5.41, 5.74) is 2.13. The van der Waals surface area contributed by atoms with Gasteiger partial charge in [0.25, 0.3) is 11.8 Å². The van der Waals surface area contributed by atoms with Crippen molar-refractivity contribution in [1.82, 2.24) is 10.1 Å². The number of carbonyl (C=O) groups is 3. The highest BCUT2D eigenvalue weighted by molar-refractivity contribution is 6.04. The summed E-state index contributed by atoms with van der Waals surface area (Å²) in [6.07, 6.45) is 1.98. The number of aliphatic hydroxyl groups is 1. The van der Waals surface area contributed by atoms with Crippen molar-refractivity contribution in [3.8, 4) is 11.4 Å². The number of benzene rings is 2. The van der Waals surface area contributed by atoms with Crippen LogP contribution < -0.4 is 21.3 Å². The molecule has 1 aliphatic heterocycles. The molecule has 1 saturated carbocycles. The zero-order chi connectivity index (χ0) is 27.4. The molecule has 1 aliphatic carbocycles. The minimum atomic E-state index is -1.75. The van der Waals surface area contributed by atoms with Crippen molar-refractivity contribution in [2.45, 2.75) is 44.3 Å². The standard InChI is InChI=1S/C27H29N5O7/c33-21(25(35)29-18-8-6-16(7-9-18)23-30-27(37)39-31-23)22-26(36)32(14-15-38-22)20-12-10-19(11-13-20)28-24(34)17-4-2-1-3-5-17/h6-13,17,21-22,33H,1-5,14-15H2,(H,28,34)(H,29,35)(H,30,31,37)/t21-,22-/m1/s1. The van der Waals surface area contributed by atoms with E-state index in [-0.39, 0.29) is 30.8 Å². The third kappa shape index (κ3) is 6.07. The fourth-order valence-electron chi connectivity index (χ4n) is 4.84. The van der Waals surface area contributed by atoms with Crippen LogP contribution >= 0.6 is 0 Å². The van der Waals surface area contributed by atoms with E-state index < -0.39 is 29.8 Å². The van der Waals surface area contributed by atoms with Gasteiger partial charge in [-0.25, -0.2) is 4.79 Å². The number of aromatic nitrogens is 2. The second-order valence-electron chi connectivity index (χ2n) is 9.61. The number of nitrogens with zero attached hydrogens (tertiary/aromatic N) is 2. The number of anilines is 3. The van der Waals surface area contributed by atoms with Crippen LogP contribution in [0.1, 0.15) is 32.1 Å². The van der Waals surface area contributed by atoms with Crippen LogP contribution in [-0.2, 0) is 19.1 Å². The van der Waals surface area contributed by atoms with Crippen molar-refractivity contribution >= 4 is 34.8 Å². The van der Waals surface area contributed by atoms with E-state index in [9.17, 15) is 24.3 Å². The lowest BCUT2D eigenvalue weighted by Gasteiger charge is -2.34. The van der Waals surface area contributed by atoms with Crippen molar-refractivity contribution < 1.29 is 28.8 Å². The predicted octanol–water partition coefficient (Wildman–Crippen LogP) is 2.28. The molecule has 4 N–H and O–H groups in total. The van der Waals surface area contributed by atoms with Crippen LogP contribution in [0.25, 0.3) is 11.4 Å². The number of aliphatic hydroxyl groups excluding tert-OH is 1. The molecule has 39 heavy (non-hydrogen) atoms. The molecule has 204 valence electrons. The van der Waals surface area contributed by atoms with Gasteiger partial charge in [-0.3, -0.25) is 23.9 Å². The quantitative estimate of drug-likeness (QED) is 0.357. The van der Waals surface area contributed by atoms with Crippen LogP contribution in [0, 0.1) is 5.92 Å². The first kappa shape index (κ1) is 26.3. The second kappa shape index (κ2) is 11.6. The summed E-state index contributed by atoms with van der Waals surface area (Å²) >= 11 is 0. The molecule has 2 heterocycles. The molecular formula is C27H29N5O7. The summed E-state index contributed by atoms with van der Waals surface area (Å²) in [6, 6.07) is 13.2. The van der Waals surface area contributed by atoms with E-state index in [0.717, 1.165) is 25.7 Å². The SMILES string of the molecule is O=C(Nc1ccc(N2CCO[C@H]([C@@H](O)C(=O)Nc3ccc(-c4noc(=O)[nH]4)cc3)C2=O)cc1)C1CCCCC1. The maximum Gasteiger partial charge on any atom is 0.439 e. The predicted molar refractivity (Wildman–Crippen MR) is 141 cm³/mol. The minimum Gasteiger partial charge on any atom is -0.380 e. The van der Waals surface area contributed by atoms with Gasteiger partial charge in [0.05, 0.1) is 6.61 Å². The highest BCUT2D eigenvalue weighted by Gasteiger charge is 2.39. The van der Waals surface area contributed by atoms with E-state index in [1.165, 1.54) is 11.3 Å². The maximum absolute atomic E-state index is 13.1. The number of H-pyrrole nitrogens is 1. The Labute approximate surface area is 223 Å². The summed E-state index contributed by atoms with van der Waals surface area (Å²) < 4.78 is 9.95. The lowest BCUT2D eigenvalue weighted by atomic mass is 9.88. The van der Waals surface area contributed by atoms with Crippen molar-refractivity contribution in [3.63, 3.8) is 0 Å². The molecule has 0 bridgehead atoms. The van der Waals surface area contributed by atoms with Gasteiger partial charge in [-0.05, 0) is 61.4 Å². The number of rotatable bonds is 7. The van der Waals surface area contributed by atoms with Gasteiger partial charge in [-0.2, -0.15) is 0 Å². The Hall–Kier alpha value is -4.29. The Kier molecular flexibility index (Phi) is 7.84. The fourth-order valence-corrected chi connectivity index (χ4v) is 4.84. The molecule has 1 saturated heterocycles. The summed E-state index contributed by atoms with van der Waals surface area (Å²) in [6.45, 7) is 0.383. The van der Waals surface area contributed by atoms with Crippen LogP contribution in [0.4, 0.5) is 17.1 Å². The zero-order valence-electron chi connectivity index (χ0n) is 21.1. The van der Waals surface area contributed by atoms with E-state index >= 15 is 0 Å². The van der Waals surface area contributed by atoms with Gasteiger partial charge in [-0.15, -0.1) is 0 Å². The molecule has 0 unspecified atom stereocenters. The first-order valence-electron chi connectivity index (χ1n) is 12.9. The Morgan fingerprint density at radius 3 is 2.31 bits per heavy atom. The molecule has 1 aromatic heterocycles. The summed E-state index contributed by atoms with van der Waals surface area (Å²) in [4.78, 5) is 53.4. The van der Waals surface area contributed by atoms with E-state index in [1.807, 2.05) is 0 Å². The number of ether oxygens (including phenoxy) is 1. The molecular weight excluding hydrogens is 506 g/mol. The number of amides is 3. The average Bonchev–Trinajstić information content (AvgIpc) is 3.40. The Morgan fingerprint density at radius 2 is 1.64 bits per heavy atom. The van der Waals surface area contributed by atoms with Crippen molar-refractivity contribution in [2.75, 3.05) is 28.7 Å². The van der Waals surface area contributed by atoms with Gasteiger partial charge in [-0.1, -0.05) is 24.4 Å². The highest BCUT2D eigenvalue weighted by Crippen LogP contribution is 2.27. The number of hydrogen-bond acceptors (Lipinski definition) is 8. The number of morpholine rings is 1. The topological polar surface area (TPSA) is 167 Å². The van der Waals surface area contributed by atoms with Crippen LogP contribution in [0.5, 0.6) is 0 Å². The zero-order valence-corrected chi connectivity index (χ0v) is 21.1. The van der Waals surface area contributed by atoms with Gasteiger partial charge in [0.2, 0.25) is 5.91 Å². The molecule has 0 spiro atoms.